The summed E-state index contributed by atoms with van der Waals surface area (Å²) in [6.45, 7) is 10.0. The second-order valence-electron chi connectivity index (χ2n) is 8.82. The van der Waals surface area contributed by atoms with Gasteiger partial charge in [-0.3, -0.25) is 14.6 Å². The molecule has 0 bridgehead atoms. The monoisotopic (exact) mass is 436 g/mol. The molecular weight excluding hydrogens is 400 g/mol. The predicted molar refractivity (Wildman–Crippen MR) is 128 cm³/mol. The van der Waals surface area contributed by atoms with Crippen LogP contribution in [-0.4, -0.2) is 98.1 Å². The zero-order valence-electron chi connectivity index (χ0n) is 19.3. The number of nitrogens with zero attached hydrogens (tertiary/aromatic N) is 4. The number of amides is 1. The van der Waals surface area contributed by atoms with Crippen molar-refractivity contribution in [1.82, 2.24) is 19.6 Å². The van der Waals surface area contributed by atoms with Crippen molar-refractivity contribution in [3.8, 4) is 5.75 Å². The van der Waals surface area contributed by atoms with E-state index in [-0.39, 0.29) is 5.91 Å². The second-order valence-corrected chi connectivity index (χ2v) is 8.82. The Bertz CT molecular complexity index is 844. The van der Waals surface area contributed by atoms with E-state index in [9.17, 15) is 4.79 Å². The lowest BCUT2D eigenvalue weighted by atomic mass is 10.1. The van der Waals surface area contributed by atoms with Gasteiger partial charge in [0.15, 0.2) is 0 Å². The third-order valence-electron chi connectivity index (χ3n) is 6.69. The van der Waals surface area contributed by atoms with Crippen molar-refractivity contribution in [2.75, 3.05) is 72.6 Å². The van der Waals surface area contributed by atoms with Gasteiger partial charge < -0.3 is 14.5 Å². The van der Waals surface area contributed by atoms with Gasteiger partial charge in [-0.05, 0) is 18.1 Å². The SMILES string of the molecule is COc1ccccc1CN1CCN(C(=O)CN2CCN(CCc3ccccc3)CC2)CC1. The van der Waals surface area contributed by atoms with E-state index < -0.39 is 0 Å². The Morgan fingerprint density at radius 3 is 2.12 bits per heavy atom. The van der Waals surface area contributed by atoms with Crippen LogP contribution in [0.1, 0.15) is 11.1 Å². The molecular formula is C26H36N4O2. The fourth-order valence-corrected chi connectivity index (χ4v) is 4.62. The third-order valence-corrected chi connectivity index (χ3v) is 6.69. The number of para-hydroxylation sites is 1. The minimum Gasteiger partial charge on any atom is -0.496 e. The van der Waals surface area contributed by atoms with Crippen LogP contribution in [0.25, 0.3) is 0 Å². The van der Waals surface area contributed by atoms with E-state index in [2.05, 4.69) is 57.2 Å². The molecule has 2 saturated heterocycles. The van der Waals surface area contributed by atoms with Crippen molar-refractivity contribution in [2.45, 2.75) is 13.0 Å². The van der Waals surface area contributed by atoms with Gasteiger partial charge in [0, 0.05) is 71.0 Å². The zero-order chi connectivity index (χ0) is 22.2. The Labute approximate surface area is 192 Å². The van der Waals surface area contributed by atoms with E-state index in [1.54, 1.807) is 7.11 Å². The lowest BCUT2D eigenvalue weighted by molar-refractivity contribution is -0.134. The number of carbonyl (C=O) groups excluding carboxylic acids is 1. The molecule has 0 aliphatic carbocycles. The van der Waals surface area contributed by atoms with Gasteiger partial charge in [-0.15, -0.1) is 0 Å². The van der Waals surface area contributed by atoms with Gasteiger partial charge in [0.05, 0.1) is 13.7 Å². The third kappa shape index (κ3) is 6.31. The number of hydrogen-bond donors (Lipinski definition) is 0. The van der Waals surface area contributed by atoms with Crippen LogP contribution in [0.5, 0.6) is 5.75 Å². The van der Waals surface area contributed by atoms with Crippen LogP contribution < -0.4 is 4.74 Å². The van der Waals surface area contributed by atoms with Gasteiger partial charge in [0.25, 0.3) is 0 Å². The number of ether oxygens (including phenoxy) is 1. The standard InChI is InChI=1S/C26H36N4O2/c1-32-25-10-6-5-9-24(25)21-28-17-19-30(20-18-28)26(31)22-29-15-13-27(14-16-29)12-11-23-7-3-2-4-8-23/h2-10H,11-22H2,1H3. The molecule has 2 aliphatic rings. The van der Waals surface area contributed by atoms with Gasteiger partial charge in [-0.2, -0.15) is 0 Å². The Kier molecular flexibility index (Phi) is 8.15. The lowest BCUT2D eigenvalue weighted by Gasteiger charge is -2.38. The molecule has 4 rings (SSSR count). The van der Waals surface area contributed by atoms with Crippen molar-refractivity contribution in [1.29, 1.82) is 0 Å². The molecule has 1 amide bonds. The average molecular weight is 437 g/mol. The van der Waals surface area contributed by atoms with E-state index in [4.69, 9.17) is 4.74 Å². The molecule has 172 valence electrons. The van der Waals surface area contributed by atoms with Crippen molar-refractivity contribution in [3.63, 3.8) is 0 Å². The molecule has 0 unspecified atom stereocenters. The summed E-state index contributed by atoms with van der Waals surface area (Å²) in [6, 6.07) is 18.9. The van der Waals surface area contributed by atoms with Gasteiger partial charge in [-0.25, -0.2) is 0 Å². The molecule has 2 heterocycles. The Hall–Kier alpha value is -2.41. The van der Waals surface area contributed by atoms with Gasteiger partial charge >= 0.3 is 0 Å². The van der Waals surface area contributed by atoms with Gasteiger partial charge in [0.2, 0.25) is 5.91 Å². The van der Waals surface area contributed by atoms with Crippen LogP contribution in [0.15, 0.2) is 54.6 Å². The maximum absolute atomic E-state index is 12.9. The van der Waals surface area contributed by atoms with Crippen molar-refractivity contribution in [3.05, 3.63) is 65.7 Å². The van der Waals surface area contributed by atoms with E-state index >= 15 is 0 Å². The van der Waals surface area contributed by atoms with Crippen molar-refractivity contribution < 1.29 is 9.53 Å². The normalized spacial score (nSPS) is 18.6. The highest BCUT2D eigenvalue weighted by Gasteiger charge is 2.25. The van der Waals surface area contributed by atoms with Crippen LogP contribution in [0.2, 0.25) is 0 Å². The maximum Gasteiger partial charge on any atom is 0.236 e. The summed E-state index contributed by atoms with van der Waals surface area (Å²) in [7, 11) is 1.72. The molecule has 0 aromatic heterocycles. The van der Waals surface area contributed by atoms with E-state index in [1.807, 2.05) is 17.0 Å². The summed E-state index contributed by atoms with van der Waals surface area (Å²) in [4.78, 5) is 22.1. The number of piperazine rings is 2. The Balaban J connectivity index is 1.15. The average Bonchev–Trinajstić information content (AvgIpc) is 2.85. The first-order chi connectivity index (χ1) is 15.7. The minimum atomic E-state index is 0.277. The van der Waals surface area contributed by atoms with E-state index in [0.717, 1.165) is 77.6 Å². The topological polar surface area (TPSA) is 39.3 Å². The highest BCUT2D eigenvalue weighted by Crippen LogP contribution is 2.20. The van der Waals surface area contributed by atoms with Crippen LogP contribution in [0.3, 0.4) is 0 Å². The highest BCUT2D eigenvalue weighted by atomic mass is 16.5. The first-order valence-electron chi connectivity index (χ1n) is 11.8. The largest absolute Gasteiger partial charge is 0.496 e. The second kappa shape index (κ2) is 11.5. The summed E-state index contributed by atoms with van der Waals surface area (Å²) in [5.74, 6) is 1.22. The van der Waals surface area contributed by atoms with Gasteiger partial charge in [0.1, 0.15) is 5.75 Å². The summed E-state index contributed by atoms with van der Waals surface area (Å²) < 4.78 is 5.48. The number of benzene rings is 2. The highest BCUT2D eigenvalue weighted by molar-refractivity contribution is 5.78. The number of methoxy groups -OCH3 is 1. The predicted octanol–water partition coefficient (Wildman–Crippen LogP) is 2.20. The molecule has 0 saturated carbocycles. The molecule has 32 heavy (non-hydrogen) atoms. The maximum atomic E-state index is 12.9. The molecule has 2 aliphatic heterocycles. The molecule has 0 spiro atoms. The minimum absolute atomic E-state index is 0.277. The lowest BCUT2D eigenvalue weighted by Crippen LogP contribution is -2.53. The summed E-state index contributed by atoms with van der Waals surface area (Å²) in [6.07, 6.45) is 1.10. The first kappa shape index (κ1) is 22.8. The van der Waals surface area contributed by atoms with Crippen LogP contribution in [-0.2, 0) is 17.8 Å². The molecule has 2 fully saturated rings. The molecule has 0 N–H and O–H groups in total. The number of hydrogen-bond acceptors (Lipinski definition) is 5. The Morgan fingerprint density at radius 1 is 0.781 bits per heavy atom. The molecule has 6 heteroatoms. The zero-order valence-corrected chi connectivity index (χ0v) is 19.3. The smallest absolute Gasteiger partial charge is 0.236 e. The van der Waals surface area contributed by atoms with E-state index in [1.165, 1.54) is 11.1 Å². The van der Waals surface area contributed by atoms with Crippen molar-refractivity contribution >= 4 is 5.91 Å². The molecule has 0 radical (unpaired) electrons. The van der Waals surface area contributed by atoms with Crippen LogP contribution in [0, 0.1) is 0 Å². The Morgan fingerprint density at radius 2 is 1.41 bits per heavy atom. The molecule has 2 aromatic rings. The first-order valence-corrected chi connectivity index (χ1v) is 11.8. The molecule has 2 aromatic carbocycles. The number of carbonyl (C=O) groups is 1. The van der Waals surface area contributed by atoms with E-state index in [0.29, 0.717) is 6.54 Å². The summed E-state index contributed by atoms with van der Waals surface area (Å²) in [5.41, 5.74) is 2.61. The fourth-order valence-electron chi connectivity index (χ4n) is 4.62. The molecule has 6 nitrogen and oxygen atoms in total. The molecule has 0 atom stereocenters. The quantitative estimate of drug-likeness (QED) is 0.635. The van der Waals surface area contributed by atoms with Crippen LogP contribution in [0.4, 0.5) is 0 Å². The fraction of sp³-hybridized carbons (Fsp3) is 0.500. The summed E-state index contributed by atoms with van der Waals surface area (Å²) >= 11 is 0. The van der Waals surface area contributed by atoms with Crippen molar-refractivity contribution in [2.24, 2.45) is 0 Å². The van der Waals surface area contributed by atoms with Crippen LogP contribution >= 0.6 is 0 Å². The summed E-state index contributed by atoms with van der Waals surface area (Å²) in [5, 5.41) is 0. The number of rotatable bonds is 8. The van der Waals surface area contributed by atoms with Gasteiger partial charge in [-0.1, -0.05) is 48.5 Å².